The highest BCUT2D eigenvalue weighted by molar-refractivity contribution is 5.95. The van der Waals surface area contributed by atoms with E-state index in [1.807, 2.05) is 6.07 Å². The fourth-order valence-corrected chi connectivity index (χ4v) is 3.90. The second kappa shape index (κ2) is 8.89. The van der Waals surface area contributed by atoms with E-state index in [-0.39, 0.29) is 61.2 Å². The van der Waals surface area contributed by atoms with Crippen LogP contribution in [0.25, 0.3) is 5.65 Å². The van der Waals surface area contributed by atoms with Crippen molar-refractivity contribution in [2.45, 2.75) is 63.7 Å². The summed E-state index contributed by atoms with van der Waals surface area (Å²) in [6.45, 7) is 3.62. The second-order valence-electron chi connectivity index (χ2n) is 8.99. The lowest BCUT2D eigenvalue weighted by atomic mass is 9.83. The van der Waals surface area contributed by atoms with Crippen LogP contribution in [-0.2, 0) is 17.3 Å². The van der Waals surface area contributed by atoms with Crippen LogP contribution in [0.5, 0.6) is 0 Å². The summed E-state index contributed by atoms with van der Waals surface area (Å²) in [6.07, 6.45) is -5.57. The van der Waals surface area contributed by atoms with Crippen LogP contribution in [-0.4, -0.2) is 40.5 Å². The summed E-state index contributed by atoms with van der Waals surface area (Å²) in [5.41, 5.74) is -2.51. The van der Waals surface area contributed by atoms with Gasteiger partial charge < -0.3 is 10.1 Å². The molecule has 0 saturated heterocycles. The third-order valence-corrected chi connectivity index (χ3v) is 6.01. The molecule has 0 unspecified atom stereocenters. The quantitative estimate of drug-likeness (QED) is 0.616. The number of pyridine rings is 1. The Morgan fingerprint density at radius 1 is 1.30 bits per heavy atom. The molecule has 0 atom stereocenters. The molecule has 1 aliphatic rings. The van der Waals surface area contributed by atoms with E-state index in [9.17, 15) is 32.0 Å². The second-order valence-corrected chi connectivity index (χ2v) is 8.99. The van der Waals surface area contributed by atoms with Gasteiger partial charge in [0.25, 0.3) is 5.91 Å². The molecule has 3 rings (SSSR count). The Bertz CT molecular complexity index is 1080. The van der Waals surface area contributed by atoms with Crippen molar-refractivity contribution in [3.05, 3.63) is 34.8 Å². The first kappa shape index (κ1) is 24.9. The van der Waals surface area contributed by atoms with Crippen molar-refractivity contribution in [1.29, 1.82) is 5.26 Å². The van der Waals surface area contributed by atoms with Crippen LogP contribution in [0.1, 0.15) is 67.0 Å². The molecule has 0 aliphatic heterocycles. The summed E-state index contributed by atoms with van der Waals surface area (Å²) in [7, 11) is 1.48. The van der Waals surface area contributed by atoms with Gasteiger partial charge in [0, 0.05) is 32.1 Å². The number of amides is 1. The maximum atomic E-state index is 13.8. The number of hydrogen-bond donors (Lipinski definition) is 1. The summed E-state index contributed by atoms with van der Waals surface area (Å²) in [5.74, 6) is -3.79. The number of rotatable bonds is 6. The highest BCUT2D eigenvalue weighted by atomic mass is 19.4. The first-order valence-corrected chi connectivity index (χ1v) is 10.5. The Labute approximate surface area is 187 Å². The third-order valence-electron chi connectivity index (χ3n) is 6.01. The highest BCUT2D eigenvalue weighted by Crippen LogP contribution is 2.40. The van der Waals surface area contributed by atoms with E-state index in [2.05, 4.69) is 10.3 Å². The van der Waals surface area contributed by atoms with Crippen molar-refractivity contribution < 1.29 is 31.5 Å². The number of methoxy groups -OCH3 is 1. The number of nitrogens with one attached hydrogen (secondary N) is 1. The van der Waals surface area contributed by atoms with Gasteiger partial charge in [0.1, 0.15) is 17.4 Å². The summed E-state index contributed by atoms with van der Waals surface area (Å²) >= 11 is 0. The molecule has 180 valence electrons. The van der Waals surface area contributed by atoms with Crippen molar-refractivity contribution >= 4 is 11.6 Å². The maximum absolute atomic E-state index is 13.8. The maximum Gasteiger partial charge on any atom is 0.435 e. The van der Waals surface area contributed by atoms with E-state index in [4.69, 9.17) is 4.74 Å². The van der Waals surface area contributed by atoms with Crippen LogP contribution in [0.3, 0.4) is 0 Å². The predicted octanol–water partition coefficient (Wildman–Crippen LogP) is 4.75. The zero-order valence-corrected chi connectivity index (χ0v) is 18.5. The van der Waals surface area contributed by atoms with Crippen LogP contribution < -0.4 is 5.32 Å². The number of alkyl halides is 5. The van der Waals surface area contributed by atoms with Crippen LogP contribution in [0, 0.1) is 17.2 Å². The van der Waals surface area contributed by atoms with Crippen molar-refractivity contribution in [3.63, 3.8) is 0 Å². The molecule has 2 aromatic rings. The molecule has 0 spiro atoms. The molecule has 0 aromatic carbocycles. The van der Waals surface area contributed by atoms with E-state index < -0.39 is 35.2 Å². The number of aromatic nitrogens is 2. The number of hydrogen-bond acceptors (Lipinski definition) is 4. The molecule has 1 saturated carbocycles. The van der Waals surface area contributed by atoms with Gasteiger partial charge in [0.2, 0.25) is 5.92 Å². The van der Waals surface area contributed by atoms with Gasteiger partial charge in [-0.3, -0.25) is 9.20 Å². The predicted molar refractivity (Wildman–Crippen MR) is 109 cm³/mol. The summed E-state index contributed by atoms with van der Waals surface area (Å²) in [4.78, 5) is 16.3. The van der Waals surface area contributed by atoms with Crippen molar-refractivity contribution in [2.75, 3.05) is 13.7 Å². The fraction of sp³-hybridized carbons (Fsp3) is 0.591. The van der Waals surface area contributed by atoms with E-state index in [0.29, 0.717) is 0 Å². The molecule has 33 heavy (non-hydrogen) atoms. The van der Waals surface area contributed by atoms with Gasteiger partial charge in [-0.1, -0.05) is 0 Å². The average molecular weight is 472 g/mol. The van der Waals surface area contributed by atoms with Gasteiger partial charge in [0.15, 0.2) is 5.69 Å². The number of halogens is 5. The van der Waals surface area contributed by atoms with E-state index in [0.717, 1.165) is 4.40 Å². The van der Waals surface area contributed by atoms with Gasteiger partial charge >= 0.3 is 6.18 Å². The number of nitrogens with zero attached hydrogens (tertiary/aromatic N) is 3. The smallest absolute Gasteiger partial charge is 0.377 e. The third kappa shape index (κ3) is 5.61. The normalized spacial score (nSPS) is 17.2. The van der Waals surface area contributed by atoms with Gasteiger partial charge in [-0.15, -0.1) is 0 Å². The monoisotopic (exact) mass is 472 g/mol. The lowest BCUT2D eigenvalue weighted by molar-refractivity contribution is -0.141. The lowest BCUT2D eigenvalue weighted by Crippen LogP contribution is -2.39. The van der Waals surface area contributed by atoms with E-state index >= 15 is 0 Å². The van der Waals surface area contributed by atoms with E-state index in [1.165, 1.54) is 19.2 Å². The Balaban J connectivity index is 2.00. The van der Waals surface area contributed by atoms with Crippen molar-refractivity contribution in [2.24, 2.45) is 5.92 Å². The zero-order chi connectivity index (χ0) is 24.6. The SMILES string of the molecule is COC(C)(C)CNC(=O)c1cc(C#N)n2c(CC3CCC(F)(F)CC3)c(C(F)(F)F)nc2c1. The molecular formula is C22H25F5N4O2. The van der Waals surface area contributed by atoms with Gasteiger partial charge in [-0.2, -0.15) is 18.4 Å². The molecular weight excluding hydrogens is 447 g/mol. The van der Waals surface area contributed by atoms with Gasteiger partial charge in [0.05, 0.1) is 11.3 Å². The van der Waals surface area contributed by atoms with Crippen LogP contribution in [0.2, 0.25) is 0 Å². The molecule has 1 N–H and O–H groups in total. The Hall–Kier alpha value is -2.74. The number of imidazole rings is 1. The summed E-state index contributed by atoms with van der Waals surface area (Å²) in [5, 5.41) is 12.2. The van der Waals surface area contributed by atoms with Gasteiger partial charge in [-0.25, -0.2) is 13.8 Å². The molecule has 2 aromatic heterocycles. The molecule has 0 radical (unpaired) electrons. The number of nitriles is 1. The largest absolute Gasteiger partial charge is 0.435 e. The summed E-state index contributed by atoms with van der Waals surface area (Å²) < 4.78 is 74.6. The minimum absolute atomic E-state index is 0.0199. The number of carbonyl (C=O) groups excluding carboxylic acids is 1. The van der Waals surface area contributed by atoms with E-state index in [1.54, 1.807) is 13.8 Å². The Morgan fingerprint density at radius 2 is 1.94 bits per heavy atom. The Kier molecular flexibility index (Phi) is 6.71. The minimum Gasteiger partial charge on any atom is -0.377 e. The number of fused-ring (bicyclic) bond motifs is 1. The average Bonchev–Trinajstić information content (AvgIpc) is 3.11. The number of carbonyl (C=O) groups is 1. The molecule has 6 nitrogen and oxygen atoms in total. The highest BCUT2D eigenvalue weighted by Gasteiger charge is 2.41. The zero-order valence-electron chi connectivity index (χ0n) is 18.5. The minimum atomic E-state index is -4.81. The van der Waals surface area contributed by atoms with Crippen molar-refractivity contribution in [3.8, 4) is 6.07 Å². The fourth-order valence-electron chi connectivity index (χ4n) is 3.90. The lowest BCUT2D eigenvalue weighted by Gasteiger charge is -2.28. The molecule has 11 heteroatoms. The molecule has 1 amide bonds. The van der Waals surface area contributed by atoms with Crippen LogP contribution in [0.15, 0.2) is 12.1 Å². The molecule has 2 heterocycles. The molecule has 1 aliphatic carbocycles. The molecule has 1 fully saturated rings. The van der Waals surface area contributed by atoms with Gasteiger partial charge in [-0.05, 0) is 51.2 Å². The van der Waals surface area contributed by atoms with Crippen molar-refractivity contribution in [1.82, 2.24) is 14.7 Å². The summed E-state index contributed by atoms with van der Waals surface area (Å²) in [6, 6.07) is 4.22. The number of ether oxygens (including phenoxy) is 1. The standard InChI is InChI=1S/C22H25F5N4O2/c1-20(2,33-3)12-29-19(32)14-9-15(11-28)31-16(8-13-4-6-21(23,24)7-5-13)18(22(25,26)27)30-17(31)10-14/h9-10,13H,4-8,12H2,1-3H3,(H,29,32). The first-order valence-electron chi connectivity index (χ1n) is 10.5. The molecule has 0 bridgehead atoms. The first-order chi connectivity index (χ1) is 15.3. The van der Waals surface area contributed by atoms with Crippen LogP contribution >= 0.6 is 0 Å². The Morgan fingerprint density at radius 3 is 2.48 bits per heavy atom. The topological polar surface area (TPSA) is 79.4 Å². The van der Waals surface area contributed by atoms with Crippen LogP contribution in [0.4, 0.5) is 22.0 Å².